The van der Waals surface area contributed by atoms with Crippen molar-refractivity contribution < 1.29 is 24.6 Å². The molecule has 0 radical (unpaired) electrons. The number of amidine groups is 1. The molecule has 0 saturated carbocycles. The van der Waals surface area contributed by atoms with Gasteiger partial charge in [0.15, 0.2) is 5.17 Å². The van der Waals surface area contributed by atoms with E-state index in [1.54, 1.807) is 18.2 Å². The highest BCUT2D eigenvalue weighted by Gasteiger charge is 2.25. The molecule has 1 aliphatic rings. The van der Waals surface area contributed by atoms with Crippen LogP contribution in [0.2, 0.25) is 0 Å². The van der Waals surface area contributed by atoms with Crippen molar-refractivity contribution >= 4 is 46.5 Å². The normalized spacial score (nSPS) is 16.4. The molecule has 1 amide bonds. The summed E-state index contributed by atoms with van der Waals surface area (Å²) in [5, 5.41) is 21.3. The first kappa shape index (κ1) is 23.0. The van der Waals surface area contributed by atoms with Crippen LogP contribution < -0.4 is 5.32 Å². The van der Waals surface area contributed by atoms with Crippen molar-refractivity contribution in [3.05, 3.63) is 94.9 Å². The predicted molar refractivity (Wildman–Crippen MR) is 132 cm³/mol. The topological polar surface area (TPSA) is 116 Å². The number of nitrogens with zero attached hydrogens (tertiary/aromatic N) is 1. The lowest BCUT2D eigenvalue weighted by Gasteiger charge is -2.10. The number of nitrogens with one attached hydrogen (secondary N) is 1. The highest BCUT2D eigenvalue weighted by Crippen LogP contribution is 2.30. The van der Waals surface area contributed by atoms with Gasteiger partial charge in [-0.1, -0.05) is 66.7 Å². The predicted octanol–water partition coefficient (Wildman–Crippen LogP) is 4.89. The number of carboxylic acids is 2. The molecule has 0 bridgehead atoms. The Morgan fingerprint density at radius 1 is 0.912 bits per heavy atom. The third kappa shape index (κ3) is 5.60. The fraction of sp³-hybridized carbons (Fsp3) is 0.0769. The second-order valence-corrected chi connectivity index (χ2v) is 8.58. The summed E-state index contributed by atoms with van der Waals surface area (Å²) in [6, 6.07) is 24.2. The molecule has 4 rings (SSSR count). The quantitative estimate of drug-likeness (QED) is 0.422. The Morgan fingerprint density at radius 2 is 1.56 bits per heavy atom. The van der Waals surface area contributed by atoms with Crippen LogP contribution in [0.25, 0.3) is 17.2 Å². The molecule has 3 N–H and O–H groups in total. The maximum Gasteiger partial charge on any atom is 0.311 e. The van der Waals surface area contributed by atoms with Gasteiger partial charge in [-0.15, -0.1) is 0 Å². The van der Waals surface area contributed by atoms with E-state index in [1.807, 2.05) is 54.6 Å². The van der Waals surface area contributed by atoms with E-state index in [9.17, 15) is 19.5 Å². The van der Waals surface area contributed by atoms with Gasteiger partial charge in [0.1, 0.15) is 0 Å². The minimum Gasteiger partial charge on any atom is -0.481 e. The van der Waals surface area contributed by atoms with Crippen LogP contribution in [0, 0.1) is 0 Å². The van der Waals surface area contributed by atoms with Crippen LogP contribution in [0.1, 0.15) is 23.5 Å². The van der Waals surface area contributed by atoms with Gasteiger partial charge in [0.25, 0.3) is 5.91 Å². The Kier molecular flexibility index (Phi) is 6.89. The summed E-state index contributed by atoms with van der Waals surface area (Å²) < 4.78 is 0. The molecule has 3 aromatic rings. The molecule has 0 spiro atoms. The van der Waals surface area contributed by atoms with E-state index in [1.165, 1.54) is 23.9 Å². The summed E-state index contributed by atoms with van der Waals surface area (Å²) in [4.78, 5) is 39.6. The van der Waals surface area contributed by atoms with Gasteiger partial charge in [-0.25, -0.2) is 4.99 Å². The van der Waals surface area contributed by atoms with Crippen molar-refractivity contribution in [1.29, 1.82) is 0 Å². The van der Waals surface area contributed by atoms with E-state index in [-0.39, 0.29) is 5.91 Å². The number of rotatable bonds is 7. The zero-order valence-corrected chi connectivity index (χ0v) is 18.7. The Balaban J connectivity index is 1.47. The number of hydrogen-bond acceptors (Lipinski definition) is 5. The highest BCUT2D eigenvalue weighted by molar-refractivity contribution is 8.18. The number of aliphatic carboxylic acids is 2. The van der Waals surface area contributed by atoms with Gasteiger partial charge in [-0.3, -0.25) is 14.4 Å². The van der Waals surface area contributed by atoms with Crippen molar-refractivity contribution in [2.24, 2.45) is 4.99 Å². The lowest BCUT2D eigenvalue weighted by molar-refractivity contribution is -0.145. The van der Waals surface area contributed by atoms with Gasteiger partial charge in [0.2, 0.25) is 0 Å². The number of amides is 1. The molecule has 1 heterocycles. The first-order valence-electron chi connectivity index (χ1n) is 10.4. The number of carbonyl (C=O) groups excluding carboxylic acids is 1. The van der Waals surface area contributed by atoms with Gasteiger partial charge in [-0.05, 0) is 52.2 Å². The van der Waals surface area contributed by atoms with Gasteiger partial charge >= 0.3 is 11.9 Å². The van der Waals surface area contributed by atoms with Gasteiger partial charge < -0.3 is 15.5 Å². The summed E-state index contributed by atoms with van der Waals surface area (Å²) in [5.41, 5.74) is 3.99. The standard InChI is InChI=1S/C26H20N2O5S/c29-23(30)15-21(25(32)33)19-10-12-20(13-11-19)27-26-28-24(31)22(34-26)14-16-6-8-18(9-7-16)17-4-2-1-3-5-17/h1-14,21H,15H2,(H,29,30)(H,32,33)(H,27,28,31)/b22-14+. The van der Waals surface area contributed by atoms with E-state index < -0.39 is 24.3 Å². The van der Waals surface area contributed by atoms with Crippen LogP contribution in [0.15, 0.2) is 88.8 Å². The molecule has 3 aromatic carbocycles. The summed E-state index contributed by atoms with van der Waals surface area (Å²) in [7, 11) is 0. The van der Waals surface area contributed by atoms with Crippen LogP contribution in [0.4, 0.5) is 5.69 Å². The Bertz CT molecular complexity index is 1280. The fourth-order valence-corrected chi connectivity index (χ4v) is 4.30. The smallest absolute Gasteiger partial charge is 0.311 e. The van der Waals surface area contributed by atoms with E-state index in [4.69, 9.17) is 5.11 Å². The molecule has 170 valence electrons. The monoisotopic (exact) mass is 472 g/mol. The molecule has 0 aliphatic carbocycles. The molecule has 7 nitrogen and oxygen atoms in total. The number of benzene rings is 3. The van der Waals surface area contributed by atoms with E-state index in [0.717, 1.165) is 16.7 Å². The molecule has 0 aromatic heterocycles. The third-order valence-corrected chi connectivity index (χ3v) is 6.08. The van der Waals surface area contributed by atoms with Crippen molar-refractivity contribution in [1.82, 2.24) is 5.32 Å². The molecular weight excluding hydrogens is 452 g/mol. The maximum atomic E-state index is 12.4. The highest BCUT2D eigenvalue weighted by atomic mass is 32.2. The van der Waals surface area contributed by atoms with Crippen LogP contribution in [-0.2, 0) is 14.4 Å². The Hall–Kier alpha value is -4.17. The molecular formula is C26H20N2O5S. The number of hydrogen-bond donors (Lipinski definition) is 3. The molecule has 1 fully saturated rings. The van der Waals surface area contributed by atoms with Crippen LogP contribution in [0.5, 0.6) is 0 Å². The van der Waals surface area contributed by atoms with Crippen LogP contribution in [0.3, 0.4) is 0 Å². The summed E-state index contributed by atoms with van der Waals surface area (Å²) in [5.74, 6) is -3.77. The lowest BCUT2D eigenvalue weighted by atomic mass is 9.96. The van der Waals surface area contributed by atoms with Gasteiger partial charge in [0.05, 0.1) is 22.9 Å². The van der Waals surface area contributed by atoms with Crippen molar-refractivity contribution in [2.75, 3.05) is 0 Å². The van der Waals surface area contributed by atoms with Crippen molar-refractivity contribution in [2.45, 2.75) is 12.3 Å². The van der Waals surface area contributed by atoms with Crippen LogP contribution >= 0.6 is 11.8 Å². The SMILES string of the molecule is O=C(O)CC(C(=O)O)c1ccc(N=C2NC(=O)/C(=C\c3ccc(-c4ccccc4)cc3)S2)cc1. The number of carbonyl (C=O) groups is 3. The minimum atomic E-state index is -1.20. The largest absolute Gasteiger partial charge is 0.481 e. The first-order valence-corrected chi connectivity index (χ1v) is 11.2. The average molecular weight is 473 g/mol. The fourth-order valence-electron chi connectivity index (χ4n) is 3.46. The minimum absolute atomic E-state index is 0.250. The lowest BCUT2D eigenvalue weighted by Crippen LogP contribution is -2.19. The first-order chi connectivity index (χ1) is 16.4. The van der Waals surface area contributed by atoms with E-state index >= 15 is 0 Å². The second-order valence-electron chi connectivity index (χ2n) is 7.55. The number of aliphatic imine (C=N–C) groups is 1. The molecule has 1 unspecified atom stereocenters. The molecule has 34 heavy (non-hydrogen) atoms. The zero-order chi connectivity index (χ0) is 24.1. The third-order valence-electron chi connectivity index (χ3n) is 5.17. The van der Waals surface area contributed by atoms with Crippen LogP contribution in [-0.4, -0.2) is 33.2 Å². The molecule has 1 atom stereocenters. The second kappa shape index (κ2) is 10.2. The number of thioether (sulfide) groups is 1. The zero-order valence-electron chi connectivity index (χ0n) is 17.8. The van der Waals surface area contributed by atoms with E-state index in [0.29, 0.717) is 21.3 Å². The average Bonchev–Trinajstić information content (AvgIpc) is 3.17. The molecule has 1 aliphatic heterocycles. The Labute approximate surface area is 199 Å². The summed E-state index contributed by atoms with van der Waals surface area (Å²) in [6.07, 6.45) is 1.29. The summed E-state index contributed by atoms with van der Waals surface area (Å²) in [6.45, 7) is 0. The molecule has 8 heteroatoms. The van der Waals surface area contributed by atoms with Gasteiger partial charge in [0, 0.05) is 0 Å². The van der Waals surface area contributed by atoms with Crippen molar-refractivity contribution in [3.8, 4) is 11.1 Å². The number of carboxylic acid groups (broad SMARTS) is 2. The van der Waals surface area contributed by atoms with Gasteiger partial charge in [-0.2, -0.15) is 0 Å². The molecule has 1 saturated heterocycles. The summed E-state index contributed by atoms with van der Waals surface area (Å²) >= 11 is 1.21. The maximum absolute atomic E-state index is 12.4. The Morgan fingerprint density at radius 3 is 2.18 bits per heavy atom. The van der Waals surface area contributed by atoms with Crippen molar-refractivity contribution in [3.63, 3.8) is 0 Å². The van der Waals surface area contributed by atoms with E-state index in [2.05, 4.69) is 10.3 Å².